The molecule has 2 heterocycles. The van der Waals surface area contributed by atoms with Crippen molar-refractivity contribution >= 4 is 27.2 Å². The molecule has 4 rings (SSSR count). The van der Waals surface area contributed by atoms with Crippen LogP contribution in [0.3, 0.4) is 0 Å². The lowest BCUT2D eigenvalue weighted by Crippen LogP contribution is -2.33. The van der Waals surface area contributed by atoms with Crippen molar-refractivity contribution in [2.45, 2.75) is 23.2 Å². The lowest BCUT2D eigenvalue weighted by atomic mass is 10.1. The maximum atomic E-state index is 13.4. The van der Waals surface area contributed by atoms with Gasteiger partial charge in [-0.05, 0) is 53.9 Å². The number of amides is 2. The number of hydrogen-bond acceptors (Lipinski definition) is 5. The van der Waals surface area contributed by atoms with Gasteiger partial charge in [0.05, 0.1) is 23.3 Å². The minimum Gasteiger partial charge on any atom is -0.496 e. The zero-order valence-electron chi connectivity index (χ0n) is 18.0. The summed E-state index contributed by atoms with van der Waals surface area (Å²) in [4.78, 5) is 18.0. The van der Waals surface area contributed by atoms with E-state index in [2.05, 4.69) is 10.3 Å². The van der Waals surface area contributed by atoms with Crippen molar-refractivity contribution in [1.29, 1.82) is 0 Å². The number of methoxy groups -OCH3 is 1. The maximum absolute atomic E-state index is 13.4. The van der Waals surface area contributed by atoms with E-state index in [0.717, 1.165) is 6.07 Å². The standard InChI is InChI=1S/C23H20F3N3O4S/c1-33-21-12-16-8-11-29(20(16)13-19(21)23(24,25)26)22(30)28-17-4-2-15(3-5-17)14-34(31,32)18-6-9-27-10-7-18/h2-7,9-10,12-13H,8,11,14H2,1H3,(H,28,30). The highest BCUT2D eigenvalue weighted by Gasteiger charge is 2.37. The van der Waals surface area contributed by atoms with Crippen LogP contribution in [0.2, 0.25) is 0 Å². The molecule has 0 aliphatic carbocycles. The number of benzene rings is 2. The van der Waals surface area contributed by atoms with Gasteiger partial charge >= 0.3 is 12.2 Å². The molecular weight excluding hydrogens is 471 g/mol. The van der Waals surface area contributed by atoms with Gasteiger partial charge in [-0.15, -0.1) is 0 Å². The van der Waals surface area contributed by atoms with Crippen LogP contribution in [-0.2, 0) is 28.2 Å². The molecule has 0 saturated heterocycles. The lowest BCUT2D eigenvalue weighted by Gasteiger charge is -2.20. The highest BCUT2D eigenvalue weighted by molar-refractivity contribution is 7.90. The van der Waals surface area contributed by atoms with Crippen molar-refractivity contribution in [2.75, 3.05) is 23.9 Å². The Morgan fingerprint density at radius 3 is 2.41 bits per heavy atom. The molecule has 0 spiro atoms. The Morgan fingerprint density at radius 1 is 1.12 bits per heavy atom. The highest BCUT2D eigenvalue weighted by atomic mass is 32.2. The quantitative estimate of drug-likeness (QED) is 0.560. The third-order valence-corrected chi connectivity index (χ3v) is 7.12. The molecule has 0 atom stereocenters. The number of alkyl halides is 3. The largest absolute Gasteiger partial charge is 0.496 e. The van der Waals surface area contributed by atoms with Crippen LogP contribution in [0.25, 0.3) is 0 Å². The molecule has 0 fully saturated rings. The van der Waals surface area contributed by atoms with Crippen LogP contribution in [0.1, 0.15) is 16.7 Å². The molecule has 0 bridgehead atoms. The Labute approximate surface area is 194 Å². The van der Waals surface area contributed by atoms with E-state index in [1.807, 2.05) is 0 Å². The molecule has 2 aromatic carbocycles. The van der Waals surface area contributed by atoms with Crippen molar-refractivity contribution < 1.29 is 31.1 Å². The Balaban J connectivity index is 1.49. The zero-order chi connectivity index (χ0) is 24.5. The van der Waals surface area contributed by atoms with Gasteiger partial charge in [-0.3, -0.25) is 9.88 Å². The van der Waals surface area contributed by atoms with Crippen LogP contribution in [0.5, 0.6) is 5.75 Å². The minimum atomic E-state index is -4.63. The Bertz CT molecular complexity index is 1310. The van der Waals surface area contributed by atoms with Crippen molar-refractivity contribution in [2.24, 2.45) is 0 Å². The molecule has 1 N–H and O–H groups in total. The van der Waals surface area contributed by atoms with E-state index in [-0.39, 0.29) is 28.6 Å². The summed E-state index contributed by atoms with van der Waals surface area (Å²) in [5.74, 6) is -0.516. The molecule has 1 aliphatic heterocycles. The number of hydrogen-bond donors (Lipinski definition) is 1. The third-order valence-electron chi connectivity index (χ3n) is 5.42. The summed E-state index contributed by atoms with van der Waals surface area (Å²) in [6, 6.07) is 10.7. The number of aromatic nitrogens is 1. The number of carbonyl (C=O) groups excluding carboxylic acids is 1. The van der Waals surface area contributed by atoms with E-state index in [9.17, 15) is 26.4 Å². The fraction of sp³-hybridized carbons (Fsp3) is 0.217. The topological polar surface area (TPSA) is 88.6 Å². The van der Waals surface area contributed by atoms with Crippen LogP contribution in [0.15, 0.2) is 65.8 Å². The van der Waals surface area contributed by atoms with Crippen LogP contribution in [-0.4, -0.2) is 33.1 Å². The summed E-state index contributed by atoms with van der Waals surface area (Å²) in [5, 5.41) is 2.65. The van der Waals surface area contributed by atoms with Gasteiger partial charge in [-0.25, -0.2) is 13.2 Å². The molecule has 178 valence electrons. The molecule has 1 aromatic heterocycles. The van der Waals surface area contributed by atoms with Gasteiger partial charge in [0.2, 0.25) is 0 Å². The second-order valence-electron chi connectivity index (χ2n) is 7.65. The number of halogens is 3. The first-order valence-corrected chi connectivity index (χ1v) is 11.8. The number of pyridine rings is 1. The van der Waals surface area contributed by atoms with E-state index in [1.54, 1.807) is 24.3 Å². The van der Waals surface area contributed by atoms with E-state index in [1.165, 1.54) is 42.6 Å². The van der Waals surface area contributed by atoms with Gasteiger partial charge in [-0.1, -0.05) is 12.1 Å². The molecule has 7 nitrogen and oxygen atoms in total. The van der Waals surface area contributed by atoms with Crippen LogP contribution in [0, 0.1) is 0 Å². The molecule has 2 amide bonds. The third kappa shape index (κ3) is 4.84. The summed E-state index contributed by atoms with van der Waals surface area (Å²) >= 11 is 0. The monoisotopic (exact) mass is 491 g/mol. The minimum absolute atomic E-state index is 0.155. The number of nitrogens with zero attached hydrogens (tertiary/aromatic N) is 2. The molecular formula is C23H20F3N3O4S. The predicted molar refractivity (Wildman–Crippen MR) is 120 cm³/mol. The van der Waals surface area contributed by atoms with Crippen LogP contribution in [0.4, 0.5) is 29.3 Å². The van der Waals surface area contributed by atoms with Crippen molar-refractivity contribution in [1.82, 2.24) is 4.98 Å². The number of carbonyl (C=O) groups is 1. The lowest BCUT2D eigenvalue weighted by molar-refractivity contribution is -0.138. The molecule has 0 saturated carbocycles. The summed E-state index contributed by atoms with van der Waals surface area (Å²) in [7, 11) is -2.39. The van der Waals surface area contributed by atoms with Gasteiger partial charge in [0.1, 0.15) is 5.75 Å². The smallest absolute Gasteiger partial charge is 0.420 e. The zero-order valence-corrected chi connectivity index (χ0v) is 18.8. The fourth-order valence-corrected chi connectivity index (χ4v) is 5.07. The molecule has 3 aromatic rings. The van der Waals surface area contributed by atoms with Gasteiger partial charge < -0.3 is 10.1 Å². The normalized spacial score (nSPS) is 13.5. The first-order chi connectivity index (χ1) is 16.1. The number of nitrogens with one attached hydrogen (secondary N) is 1. The molecule has 34 heavy (non-hydrogen) atoms. The summed E-state index contributed by atoms with van der Waals surface area (Å²) in [5.41, 5.74) is 0.701. The molecule has 0 unspecified atom stereocenters. The average molecular weight is 491 g/mol. The number of rotatable bonds is 5. The fourth-order valence-electron chi connectivity index (χ4n) is 3.74. The Morgan fingerprint density at radius 2 is 1.79 bits per heavy atom. The van der Waals surface area contributed by atoms with Crippen molar-refractivity contribution in [3.63, 3.8) is 0 Å². The van der Waals surface area contributed by atoms with Crippen LogP contribution < -0.4 is 15.0 Å². The molecule has 11 heteroatoms. The molecule has 1 aliphatic rings. The van der Waals surface area contributed by atoms with Gasteiger partial charge in [0.15, 0.2) is 9.84 Å². The van der Waals surface area contributed by atoms with E-state index < -0.39 is 27.6 Å². The summed E-state index contributed by atoms with van der Waals surface area (Å²) in [6.45, 7) is 0.216. The highest BCUT2D eigenvalue weighted by Crippen LogP contribution is 2.42. The number of urea groups is 1. The first-order valence-electron chi connectivity index (χ1n) is 10.2. The molecule has 0 radical (unpaired) electrons. The predicted octanol–water partition coefficient (Wildman–Crippen LogP) is 4.68. The summed E-state index contributed by atoms with van der Waals surface area (Å²) < 4.78 is 70.1. The SMILES string of the molecule is COc1cc2c(cc1C(F)(F)F)N(C(=O)Nc1ccc(CS(=O)(=O)c3ccncc3)cc1)CC2. The van der Waals surface area contributed by atoms with Crippen molar-refractivity contribution in [3.8, 4) is 5.75 Å². The number of ether oxygens (including phenoxy) is 1. The number of fused-ring (bicyclic) bond motifs is 1. The van der Waals surface area contributed by atoms with E-state index >= 15 is 0 Å². The Hall–Kier alpha value is -3.60. The van der Waals surface area contributed by atoms with Gasteiger partial charge in [0.25, 0.3) is 0 Å². The summed E-state index contributed by atoms with van der Waals surface area (Å²) in [6.07, 6.45) is -1.44. The number of anilines is 2. The maximum Gasteiger partial charge on any atom is 0.420 e. The van der Waals surface area contributed by atoms with E-state index in [4.69, 9.17) is 4.74 Å². The van der Waals surface area contributed by atoms with Gasteiger partial charge in [0, 0.05) is 30.3 Å². The number of sulfone groups is 1. The second kappa shape index (κ2) is 8.98. The Kier molecular flexibility index (Phi) is 6.22. The average Bonchev–Trinajstić information content (AvgIpc) is 3.22. The van der Waals surface area contributed by atoms with Gasteiger partial charge in [-0.2, -0.15) is 13.2 Å². The second-order valence-corrected chi connectivity index (χ2v) is 9.64. The van der Waals surface area contributed by atoms with Crippen LogP contribution >= 0.6 is 0 Å². The van der Waals surface area contributed by atoms with Crippen molar-refractivity contribution in [3.05, 3.63) is 77.6 Å². The first kappa shape index (κ1) is 23.6. The van der Waals surface area contributed by atoms with E-state index in [0.29, 0.717) is 23.2 Å².